The Hall–Kier alpha value is -4.01. The van der Waals surface area contributed by atoms with E-state index in [0.29, 0.717) is 22.5 Å². The molecule has 36 heavy (non-hydrogen) atoms. The quantitative estimate of drug-likeness (QED) is 0.479. The summed E-state index contributed by atoms with van der Waals surface area (Å²) in [5.41, 5.74) is 9.47. The van der Waals surface area contributed by atoms with E-state index in [1.807, 2.05) is 18.2 Å². The van der Waals surface area contributed by atoms with E-state index in [1.54, 1.807) is 12.4 Å². The number of nitrogens with zero attached hydrogens (tertiary/aromatic N) is 8. The number of benzene rings is 1. The monoisotopic (exact) mass is 487 g/mol. The van der Waals surface area contributed by atoms with Gasteiger partial charge in [0, 0.05) is 50.5 Å². The number of carboxylic acids is 1. The third-order valence-electron chi connectivity index (χ3n) is 6.91. The van der Waals surface area contributed by atoms with E-state index in [9.17, 15) is 10.1 Å². The Bertz CT molecular complexity index is 1270. The van der Waals surface area contributed by atoms with Crippen LogP contribution in [0.4, 0.5) is 11.6 Å². The van der Waals surface area contributed by atoms with Gasteiger partial charge in [-0.25, -0.2) is 9.97 Å². The zero-order valence-corrected chi connectivity index (χ0v) is 20.0. The normalized spacial score (nSPS) is 17.4. The molecule has 186 valence electrons. The van der Waals surface area contributed by atoms with Gasteiger partial charge in [0.05, 0.1) is 23.4 Å². The minimum absolute atomic E-state index is 0.213. The zero-order chi connectivity index (χ0) is 25.1. The lowest BCUT2D eigenvalue weighted by Crippen LogP contribution is -2.51. The number of carbonyl (C=O) groups is 1. The number of anilines is 2. The number of carboxylic acid groups (broad SMARTS) is 1. The number of likely N-dealkylation sites (tertiary alicyclic amines) is 1. The van der Waals surface area contributed by atoms with Crippen LogP contribution in [0.3, 0.4) is 0 Å². The van der Waals surface area contributed by atoms with Gasteiger partial charge in [0.1, 0.15) is 24.5 Å². The van der Waals surface area contributed by atoms with Crippen LogP contribution in [0.5, 0.6) is 0 Å². The van der Waals surface area contributed by atoms with Gasteiger partial charge in [0.2, 0.25) is 0 Å². The topological polar surface area (TPSA) is 140 Å². The Morgan fingerprint density at radius 1 is 1.17 bits per heavy atom. The highest BCUT2D eigenvalue weighted by Crippen LogP contribution is 2.34. The number of hydrogen-bond acceptors (Lipinski definition) is 9. The Labute approximate surface area is 209 Å². The van der Waals surface area contributed by atoms with Gasteiger partial charge in [-0.1, -0.05) is 12.1 Å². The van der Waals surface area contributed by atoms with E-state index in [0.717, 1.165) is 51.6 Å². The van der Waals surface area contributed by atoms with Gasteiger partial charge in [-0.2, -0.15) is 10.4 Å². The maximum absolute atomic E-state index is 11.1. The molecule has 3 aromatic rings. The Kier molecular flexibility index (Phi) is 6.79. The smallest absolute Gasteiger partial charge is 0.325 e. The van der Waals surface area contributed by atoms with Gasteiger partial charge in [0.25, 0.3) is 0 Å². The van der Waals surface area contributed by atoms with Crippen molar-refractivity contribution in [1.82, 2.24) is 29.5 Å². The van der Waals surface area contributed by atoms with Gasteiger partial charge < -0.3 is 20.6 Å². The van der Waals surface area contributed by atoms with Crippen LogP contribution in [0, 0.1) is 11.3 Å². The highest BCUT2D eigenvalue weighted by Gasteiger charge is 2.30. The Morgan fingerprint density at radius 3 is 2.67 bits per heavy atom. The lowest BCUT2D eigenvalue weighted by Gasteiger charge is -2.43. The molecule has 0 bridgehead atoms. The molecule has 5 rings (SSSR count). The van der Waals surface area contributed by atoms with Crippen LogP contribution >= 0.6 is 0 Å². The molecule has 0 radical (unpaired) electrons. The number of aromatic nitrogens is 4. The van der Waals surface area contributed by atoms with Crippen molar-refractivity contribution in [3.8, 4) is 17.2 Å². The van der Waals surface area contributed by atoms with Crippen LogP contribution in [-0.4, -0.2) is 86.4 Å². The third-order valence-corrected chi connectivity index (χ3v) is 6.91. The largest absolute Gasteiger partial charge is 0.480 e. The lowest BCUT2D eigenvalue weighted by molar-refractivity contribution is -0.137. The van der Waals surface area contributed by atoms with Gasteiger partial charge in [-0.15, -0.1) is 0 Å². The molecule has 2 fully saturated rings. The van der Waals surface area contributed by atoms with E-state index >= 15 is 0 Å². The average molecular weight is 488 g/mol. The summed E-state index contributed by atoms with van der Waals surface area (Å²) in [6.45, 7) is 6.12. The van der Waals surface area contributed by atoms with Crippen molar-refractivity contribution in [3.63, 3.8) is 0 Å². The fraction of sp³-hybridized carbons (Fsp3) is 0.400. The zero-order valence-electron chi connectivity index (χ0n) is 20.0. The molecule has 0 spiro atoms. The van der Waals surface area contributed by atoms with Crippen LogP contribution in [-0.2, 0) is 11.3 Å². The van der Waals surface area contributed by atoms with Gasteiger partial charge in [-0.05, 0) is 37.2 Å². The molecule has 2 aromatic heterocycles. The molecule has 0 aliphatic carbocycles. The highest BCUT2D eigenvalue weighted by atomic mass is 16.4. The first-order valence-corrected chi connectivity index (χ1v) is 12.1. The molecule has 11 heteroatoms. The third kappa shape index (κ3) is 5.00. The summed E-state index contributed by atoms with van der Waals surface area (Å²) >= 11 is 0. The van der Waals surface area contributed by atoms with Crippen molar-refractivity contribution in [2.45, 2.75) is 19.0 Å². The molecule has 1 unspecified atom stereocenters. The molecule has 0 amide bonds. The number of nitrogens with two attached hydrogens (primary N) is 1. The Morgan fingerprint density at radius 2 is 1.97 bits per heavy atom. The predicted molar refractivity (Wildman–Crippen MR) is 134 cm³/mol. The second-order valence-electron chi connectivity index (χ2n) is 9.21. The molecule has 3 N–H and O–H groups in total. The van der Waals surface area contributed by atoms with Crippen LogP contribution in [0.2, 0.25) is 0 Å². The maximum atomic E-state index is 11.1. The van der Waals surface area contributed by atoms with Crippen molar-refractivity contribution in [3.05, 3.63) is 54.1 Å². The molecular formula is C25H29N9O2. The van der Waals surface area contributed by atoms with Gasteiger partial charge in [-0.3, -0.25) is 14.4 Å². The van der Waals surface area contributed by atoms with E-state index in [-0.39, 0.29) is 12.6 Å². The summed E-state index contributed by atoms with van der Waals surface area (Å²) in [4.78, 5) is 26.9. The maximum Gasteiger partial charge on any atom is 0.325 e. The molecule has 2 aliphatic heterocycles. The van der Waals surface area contributed by atoms with Gasteiger partial charge in [0.15, 0.2) is 0 Å². The number of aliphatic carboxylic acids is 1. The van der Waals surface area contributed by atoms with Crippen LogP contribution in [0.25, 0.3) is 11.1 Å². The number of nitrogen functional groups attached to an aromatic ring is 1. The summed E-state index contributed by atoms with van der Waals surface area (Å²) in [6, 6.07) is 10.4. The molecular weight excluding hydrogens is 458 g/mol. The van der Waals surface area contributed by atoms with Crippen molar-refractivity contribution in [2.24, 2.45) is 0 Å². The summed E-state index contributed by atoms with van der Waals surface area (Å²) in [5, 5.41) is 22.6. The first kappa shape index (κ1) is 23.7. The van der Waals surface area contributed by atoms with Crippen molar-refractivity contribution >= 4 is 17.6 Å². The predicted octanol–water partition coefficient (Wildman–Crippen LogP) is 1.45. The number of nitriles is 1. The van der Waals surface area contributed by atoms with Crippen LogP contribution in [0.15, 0.2) is 43.0 Å². The summed E-state index contributed by atoms with van der Waals surface area (Å²) in [7, 11) is 0. The summed E-state index contributed by atoms with van der Waals surface area (Å²) in [6.07, 6.45) is 5.96. The fourth-order valence-electron chi connectivity index (χ4n) is 4.93. The Balaban J connectivity index is 1.35. The van der Waals surface area contributed by atoms with E-state index in [1.165, 1.54) is 23.0 Å². The molecule has 1 atom stereocenters. The minimum Gasteiger partial charge on any atom is -0.480 e. The first-order valence-electron chi connectivity index (χ1n) is 12.1. The van der Waals surface area contributed by atoms with Crippen LogP contribution in [0.1, 0.15) is 23.6 Å². The number of rotatable bonds is 8. The lowest BCUT2D eigenvalue weighted by atomic mass is 10.00. The van der Waals surface area contributed by atoms with Gasteiger partial charge >= 0.3 is 5.97 Å². The first-order chi connectivity index (χ1) is 17.5. The second-order valence-corrected chi connectivity index (χ2v) is 9.21. The minimum atomic E-state index is -0.966. The number of hydrogen-bond donors (Lipinski definition) is 2. The molecule has 2 aliphatic rings. The van der Waals surface area contributed by atoms with E-state index < -0.39 is 5.97 Å². The van der Waals surface area contributed by atoms with Crippen LogP contribution < -0.4 is 10.6 Å². The summed E-state index contributed by atoms with van der Waals surface area (Å²) < 4.78 is 1.36. The molecule has 4 heterocycles. The molecule has 2 saturated heterocycles. The van der Waals surface area contributed by atoms with Crippen molar-refractivity contribution < 1.29 is 9.90 Å². The molecule has 0 saturated carbocycles. The van der Waals surface area contributed by atoms with Crippen molar-refractivity contribution in [1.29, 1.82) is 5.26 Å². The second kappa shape index (κ2) is 10.3. The van der Waals surface area contributed by atoms with Crippen molar-refractivity contribution in [2.75, 3.05) is 56.4 Å². The fourth-order valence-corrected chi connectivity index (χ4v) is 4.93. The average Bonchev–Trinajstić information content (AvgIpc) is 3.30. The summed E-state index contributed by atoms with van der Waals surface area (Å²) in [5.74, 6) is 0.0930. The molecule has 1 aromatic carbocycles. The van der Waals surface area contributed by atoms with E-state index in [2.05, 4.69) is 41.9 Å². The highest BCUT2D eigenvalue weighted by molar-refractivity contribution is 5.83. The SMILES string of the molecule is N#Cc1cccc(C(CN2CCC2)N2CCN(c3ncnc(N)c3-c3cnn(CC(=O)O)c3)CC2)c1. The standard InChI is InChI=1S/C25H29N9O2/c26-12-18-3-1-4-19(11-18)21(15-31-5-2-6-31)32-7-9-33(10-8-32)25-23(24(27)28-17-29-25)20-13-30-34(14-20)16-22(35)36/h1,3-4,11,13-14,17,21H,2,5-10,15-16H2,(H,35,36)(H2,27,28,29). The molecule has 11 nitrogen and oxygen atoms in total. The number of piperazine rings is 1. The van der Waals surface area contributed by atoms with E-state index in [4.69, 9.17) is 10.8 Å².